The van der Waals surface area contributed by atoms with Crippen molar-refractivity contribution in [1.82, 2.24) is 0 Å². The molecule has 0 fully saturated rings. The fraction of sp³-hybridized carbons (Fsp3) is 1.00. The maximum Gasteiger partial charge on any atom is 0.274 e. The Labute approximate surface area is 49.6 Å². The molecule has 0 heterocycles. The van der Waals surface area contributed by atoms with Crippen molar-refractivity contribution < 1.29 is 13.0 Å². The summed E-state index contributed by atoms with van der Waals surface area (Å²) in [6, 6.07) is 0. The Hall–Kier alpha value is 0.640. The molecule has 0 radical (unpaired) electrons. The molecule has 0 aliphatic carbocycles. The van der Waals surface area contributed by atoms with E-state index in [0.717, 1.165) is 0 Å². The summed E-state index contributed by atoms with van der Waals surface area (Å²) in [7, 11) is -3.68. The van der Waals surface area contributed by atoms with E-state index in [0.29, 0.717) is 0 Å². The Kier molecular flexibility index (Phi) is 2.30. The molecule has 3 nitrogen and oxygen atoms in total. The van der Waals surface area contributed by atoms with Crippen molar-refractivity contribution in [3.05, 3.63) is 0 Å². The van der Waals surface area contributed by atoms with Gasteiger partial charge < -0.3 is 0 Å². The van der Waals surface area contributed by atoms with Crippen LogP contribution >= 0.6 is 22.6 Å². The van der Waals surface area contributed by atoms with Gasteiger partial charge in [0.15, 0.2) is 0 Å². The van der Waals surface area contributed by atoms with Crippen molar-refractivity contribution in [2.45, 2.75) is 0 Å². The average molecular weight is 222 g/mol. The summed E-state index contributed by atoms with van der Waals surface area (Å²) in [6.45, 7) is 0. The van der Waals surface area contributed by atoms with Gasteiger partial charge in [0.1, 0.15) is 3.76 Å². The van der Waals surface area contributed by atoms with Gasteiger partial charge in [0.05, 0.1) is 0 Å². The van der Waals surface area contributed by atoms with E-state index in [1.54, 1.807) is 22.6 Å². The highest BCUT2D eigenvalue weighted by Crippen LogP contribution is 1.87. The number of hydrogen-bond acceptors (Lipinski definition) is 2. The lowest BCUT2D eigenvalue weighted by atomic mass is 12.0. The first kappa shape index (κ1) is 6.64. The second-order valence-corrected chi connectivity index (χ2v) is 3.94. The monoisotopic (exact) mass is 222 g/mol. The average Bonchev–Trinajstić information content (AvgIpc) is 1.35. The highest BCUT2D eigenvalue weighted by Gasteiger charge is 1.95. The van der Waals surface area contributed by atoms with E-state index in [-0.39, 0.29) is 3.76 Å². The van der Waals surface area contributed by atoms with Crippen LogP contribution in [-0.2, 0) is 10.1 Å². The van der Waals surface area contributed by atoms with Crippen LogP contribution in [0.1, 0.15) is 0 Å². The molecule has 38 valence electrons. The van der Waals surface area contributed by atoms with E-state index in [1.165, 1.54) is 0 Å². The van der Waals surface area contributed by atoms with Gasteiger partial charge in [-0.1, -0.05) is 22.6 Å². The van der Waals surface area contributed by atoms with Gasteiger partial charge in [0.25, 0.3) is 10.1 Å². The highest BCUT2D eigenvalue weighted by atomic mass is 127. The van der Waals surface area contributed by atoms with E-state index in [4.69, 9.17) is 4.55 Å². The number of halogens is 1. The van der Waals surface area contributed by atoms with Crippen LogP contribution in [0.15, 0.2) is 0 Å². The molecule has 0 unspecified atom stereocenters. The Morgan fingerprint density at radius 2 is 1.83 bits per heavy atom. The summed E-state index contributed by atoms with van der Waals surface area (Å²) < 4.78 is 26.7. The Morgan fingerprint density at radius 3 is 1.83 bits per heavy atom. The molecule has 0 saturated heterocycles. The van der Waals surface area contributed by atoms with E-state index in [9.17, 15) is 8.42 Å². The van der Waals surface area contributed by atoms with Gasteiger partial charge in [-0.2, -0.15) is 8.42 Å². The van der Waals surface area contributed by atoms with Gasteiger partial charge in [-0.25, -0.2) is 0 Å². The fourth-order valence-electron chi connectivity index (χ4n) is 0. The van der Waals surface area contributed by atoms with Crippen LogP contribution in [0.2, 0.25) is 0 Å². The second-order valence-electron chi connectivity index (χ2n) is 0.691. The molecule has 0 rings (SSSR count). The summed E-state index contributed by atoms with van der Waals surface area (Å²) in [5.41, 5.74) is 0. The molecule has 0 aromatic rings. The minimum Gasteiger partial charge on any atom is -0.285 e. The lowest BCUT2D eigenvalue weighted by Gasteiger charge is -1.78. The molecule has 0 bridgehead atoms. The first-order chi connectivity index (χ1) is 2.56. The Balaban J connectivity index is 3.85. The zero-order valence-corrected chi connectivity index (χ0v) is 5.73. The zero-order chi connectivity index (χ0) is 5.21. The van der Waals surface area contributed by atoms with Crippen molar-refractivity contribution in [1.29, 1.82) is 0 Å². The van der Waals surface area contributed by atoms with Gasteiger partial charge >= 0.3 is 0 Å². The lowest BCUT2D eigenvalue weighted by Crippen LogP contribution is -1.94. The van der Waals surface area contributed by atoms with Crippen LogP contribution in [0.3, 0.4) is 0 Å². The molecule has 0 aliphatic rings. The second kappa shape index (κ2) is 2.08. The molecule has 0 atom stereocenters. The quantitative estimate of drug-likeness (QED) is 0.393. The van der Waals surface area contributed by atoms with E-state index >= 15 is 0 Å². The molecule has 0 spiro atoms. The largest absolute Gasteiger partial charge is 0.285 e. The summed E-state index contributed by atoms with van der Waals surface area (Å²) in [5.74, 6) is 0. The first-order valence-corrected chi connectivity index (χ1v) is 4.21. The molecule has 0 aromatic heterocycles. The van der Waals surface area contributed by atoms with Crippen molar-refractivity contribution in [3.8, 4) is 0 Å². The molecule has 0 amide bonds. The first-order valence-electron chi connectivity index (χ1n) is 1.07. The van der Waals surface area contributed by atoms with Crippen LogP contribution in [0, 0.1) is 0 Å². The van der Waals surface area contributed by atoms with Crippen molar-refractivity contribution in [3.63, 3.8) is 0 Å². The summed E-state index contributed by atoms with van der Waals surface area (Å²) in [5, 5.41) is 0. The van der Waals surface area contributed by atoms with Gasteiger partial charge in [0.2, 0.25) is 0 Å². The van der Waals surface area contributed by atoms with Gasteiger partial charge in [-0.15, -0.1) is 0 Å². The molecular formula is CH3IO3S. The fourth-order valence-corrected chi connectivity index (χ4v) is 0. The summed E-state index contributed by atoms with van der Waals surface area (Å²) >= 11 is 1.56. The van der Waals surface area contributed by atoms with Crippen LogP contribution in [0.4, 0.5) is 0 Å². The molecule has 0 aromatic carbocycles. The SMILES string of the molecule is O=S(=O)(O)CI. The highest BCUT2D eigenvalue weighted by molar-refractivity contribution is 14.1. The van der Waals surface area contributed by atoms with Crippen LogP contribution < -0.4 is 0 Å². The maximum atomic E-state index is 9.55. The van der Waals surface area contributed by atoms with Gasteiger partial charge in [-0.3, -0.25) is 4.55 Å². The van der Waals surface area contributed by atoms with E-state index in [1.807, 2.05) is 0 Å². The Morgan fingerprint density at radius 1 is 1.67 bits per heavy atom. The van der Waals surface area contributed by atoms with Gasteiger partial charge in [-0.05, 0) is 0 Å². The normalized spacial score (nSPS) is 11.7. The zero-order valence-electron chi connectivity index (χ0n) is 2.76. The topological polar surface area (TPSA) is 54.4 Å². The molecule has 0 aliphatic heterocycles. The van der Waals surface area contributed by atoms with Crippen LogP contribution in [0.5, 0.6) is 0 Å². The van der Waals surface area contributed by atoms with Gasteiger partial charge in [0, 0.05) is 0 Å². The molecular weight excluding hydrogens is 219 g/mol. The molecule has 0 saturated carbocycles. The predicted octanol–water partition coefficient (Wildman–Crippen LogP) is 0.267. The third-order valence-electron chi connectivity index (χ3n) is 0.138. The number of rotatable bonds is 1. The summed E-state index contributed by atoms with van der Waals surface area (Å²) in [4.78, 5) is 0. The lowest BCUT2D eigenvalue weighted by molar-refractivity contribution is 0.490. The van der Waals surface area contributed by atoms with E-state index in [2.05, 4.69) is 0 Å². The van der Waals surface area contributed by atoms with Crippen molar-refractivity contribution in [2.75, 3.05) is 3.76 Å². The minimum absolute atomic E-state index is 0.231. The molecule has 6 heavy (non-hydrogen) atoms. The maximum absolute atomic E-state index is 9.55. The van der Waals surface area contributed by atoms with Crippen LogP contribution in [0.25, 0.3) is 0 Å². The summed E-state index contributed by atoms with van der Waals surface area (Å²) in [6.07, 6.45) is 0. The minimum atomic E-state index is -3.68. The van der Waals surface area contributed by atoms with E-state index < -0.39 is 10.1 Å². The number of alkyl halides is 1. The third kappa shape index (κ3) is 4.64. The third-order valence-corrected chi connectivity index (χ3v) is 2.77. The Bertz CT molecular complexity index is 113. The van der Waals surface area contributed by atoms with Crippen LogP contribution in [-0.4, -0.2) is 16.7 Å². The molecule has 1 N–H and O–H groups in total. The smallest absolute Gasteiger partial charge is 0.274 e. The van der Waals surface area contributed by atoms with Crippen molar-refractivity contribution in [2.24, 2.45) is 0 Å². The van der Waals surface area contributed by atoms with Crippen molar-refractivity contribution >= 4 is 32.7 Å². The predicted molar refractivity (Wildman–Crippen MR) is 30.4 cm³/mol. The number of hydrogen-bond donors (Lipinski definition) is 1. The molecule has 5 heteroatoms. The standard InChI is InChI=1S/CH3IO3S/c2-1-6(3,4)5/h1H2,(H,3,4,5).